The highest BCUT2D eigenvalue weighted by atomic mass is 32.2. The first-order valence-electron chi connectivity index (χ1n) is 6.68. The molecule has 2 rings (SSSR count). The van der Waals surface area contributed by atoms with E-state index in [0.717, 1.165) is 12.5 Å². The minimum absolute atomic E-state index is 0.296. The van der Waals surface area contributed by atoms with E-state index < -0.39 is 0 Å². The van der Waals surface area contributed by atoms with Crippen LogP contribution in [0.4, 0.5) is 0 Å². The number of nitrogens with two attached hydrogens (primary N) is 1. The molecule has 2 fully saturated rings. The Morgan fingerprint density at radius 3 is 2.62 bits per heavy atom. The van der Waals surface area contributed by atoms with Gasteiger partial charge in [-0.25, -0.2) is 0 Å². The first-order valence-corrected chi connectivity index (χ1v) is 7.73. The van der Waals surface area contributed by atoms with E-state index in [1.54, 1.807) is 0 Å². The summed E-state index contributed by atoms with van der Waals surface area (Å²) in [4.78, 5) is 2.73. The third kappa shape index (κ3) is 2.02. The van der Waals surface area contributed by atoms with Crippen molar-refractivity contribution < 1.29 is 0 Å². The van der Waals surface area contributed by atoms with Gasteiger partial charge in [-0.2, -0.15) is 11.8 Å². The molecule has 2 aliphatic rings. The van der Waals surface area contributed by atoms with Gasteiger partial charge in [0.2, 0.25) is 0 Å². The lowest BCUT2D eigenvalue weighted by Gasteiger charge is -2.50. The molecule has 0 aromatic rings. The van der Waals surface area contributed by atoms with Gasteiger partial charge in [0.1, 0.15) is 0 Å². The predicted octanol–water partition coefficient (Wildman–Crippen LogP) is 2.33. The van der Waals surface area contributed by atoms with E-state index in [1.165, 1.54) is 31.6 Å². The number of rotatable bonds is 2. The van der Waals surface area contributed by atoms with Crippen LogP contribution in [-0.2, 0) is 0 Å². The van der Waals surface area contributed by atoms with Crippen molar-refractivity contribution in [3.63, 3.8) is 0 Å². The average molecular weight is 242 g/mol. The Balaban J connectivity index is 2.15. The summed E-state index contributed by atoms with van der Waals surface area (Å²) in [6.07, 6.45) is 3.98. The molecule has 0 aliphatic carbocycles. The zero-order valence-electron chi connectivity index (χ0n) is 10.9. The van der Waals surface area contributed by atoms with E-state index in [1.807, 2.05) is 0 Å². The highest BCUT2D eigenvalue weighted by Gasteiger charge is 2.47. The van der Waals surface area contributed by atoms with Crippen LogP contribution in [0.25, 0.3) is 0 Å². The third-order valence-corrected chi connectivity index (χ3v) is 6.10. The molecule has 0 amide bonds. The lowest BCUT2D eigenvalue weighted by molar-refractivity contribution is 0.0175. The summed E-state index contributed by atoms with van der Waals surface area (Å²) in [5.74, 6) is 2.18. The monoisotopic (exact) mass is 242 g/mol. The van der Waals surface area contributed by atoms with Gasteiger partial charge in [0.05, 0.1) is 0 Å². The maximum Gasteiger partial charge on any atom is 0.0458 e. The van der Waals surface area contributed by atoms with Crippen LogP contribution in [0.3, 0.4) is 0 Å². The molecule has 0 saturated carbocycles. The molecule has 0 bridgehead atoms. The van der Waals surface area contributed by atoms with Crippen molar-refractivity contribution in [2.24, 2.45) is 11.7 Å². The normalized spacial score (nSPS) is 46.1. The number of likely N-dealkylation sites (tertiary alicyclic amines) is 1. The van der Waals surface area contributed by atoms with Crippen molar-refractivity contribution in [3.05, 3.63) is 0 Å². The molecule has 2 aliphatic heterocycles. The molecule has 0 aromatic carbocycles. The Bertz CT molecular complexity index is 246. The van der Waals surface area contributed by atoms with Crippen LogP contribution in [-0.4, -0.2) is 40.6 Å². The van der Waals surface area contributed by atoms with Crippen LogP contribution in [0.15, 0.2) is 0 Å². The van der Waals surface area contributed by atoms with Gasteiger partial charge in [-0.3, -0.25) is 4.90 Å². The van der Waals surface area contributed by atoms with Gasteiger partial charge in [-0.15, -0.1) is 0 Å². The van der Waals surface area contributed by atoms with E-state index >= 15 is 0 Å². The number of nitrogens with zero attached hydrogens (tertiary/aromatic N) is 1. The summed E-state index contributed by atoms with van der Waals surface area (Å²) in [5.41, 5.74) is 6.43. The molecule has 0 radical (unpaired) electrons. The highest BCUT2D eigenvalue weighted by Crippen LogP contribution is 2.42. The van der Waals surface area contributed by atoms with Gasteiger partial charge in [0, 0.05) is 23.4 Å². The van der Waals surface area contributed by atoms with Crippen LogP contribution in [0.1, 0.15) is 40.0 Å². The molecule has 2 N–H and O–H groups in total. The van der Waals surface area contributed by atoms with E-state index in [2.05, 4.69) is 37.4 Å². The average Bonchev–Trinajstić information content (AvgIpc) is 2.61. The minimum Gasteiger partial charge on any atom is -0.329 e. The zero-order valence-corrected chi connectivity index (χ0v) is 11.7. The second-order valence-electron chi connectivity index (χ2n) is 5.74. The molecule has 0 spiro atoms. The van der Waals surface area contributed by atoms with Gasteiger partial charge in [0.15, 0.2) is 0 Å². The van der Waals surface area contributed by atoms with Crippen molar-refractivity contribution in [1.29, 1.82) is 0 Å². The first-order chi connectivity index (χ1) is 7.60. The second kappa shape index (κ2) is 4.87. The van der Waals surface area contributed by atoms with Gasteiger partial charge in [-0.05, 0) is 44.4 Å². The van der Waals surface area contributed by atoms with E-state index in [9.17, 15) is 0 Å². The van der Waals surface area contributed by atoms with Crippen molar-refractivity contribution >= 4 is 11.8 Å². The molecular weight excluding hydrogens is 216 g/mol. The Kier molecular flexibility index (Phi) is 3.87. The van der Waals surface area contributed by atoms with Crippen molar-refractivity contribution in [1.82, 2.24) is 4.90 Å². The lowest BCUT2D eigenvalue weighted by atomic mass is 9.83. The molecule has 2 saturated heterocycles. The van der Waals surface area contributed by atoms with Crippen molar-refractivity contribution in [3.8, 4) is 0 Å². The SMILES string of the molecule is CC1CCN(C2(CN)CCSC2C)C(C)C1. The topological polar surface area (TPSA) is 29.3 Å². The molecule has 4 atom stereocenters. The molecule has 16 heavy (non-hydrogen) atoms. The Labute approximate surface area is 104 Å². The largest absolute Gasteiger partial charge is 0.329 e. The molecule has 2 nitrogen and oxygen atoms in total. The summed E-state index contributed by atoms with van der Waals surface area (Å²) in [5, 5.41) is 0.702. The summed E-state index contributed by atoms with van der Waals surface area (Å²) >= 11 is 2.10. The number of hydrogen-bond acceptors (Lipinski definition) is 3. The number of thioether (sulfide) groups is 1. The Hall–Kier alpha value is 0.270. The molecule has 0 aromatic heterocycles. The summed E-state index contributed by atoms with van der Waals surface area (Å²) in [6, 6.07) is 0.716. The number of hydrogen-bond donors (Lipinski definition) is 1. The maximum atomic E-state index is 6.13. The van der Waals surface area contributed by atoms with Crippen LogP contribution in [0.5, 0.6) is 0 Å². The maximum absolute atomic E-state index is 6.13. The lowest BCUT2D eigenvalue weighted by Crippen LogP contribution is -2.62. The zero-order chi connectivity index (χ0) is 11.8. The van der Waals surface area contributed by atoms with Crippen molar-refractivity contribution in [2.75, 3.05) is 18.8 Å². The van der Waals surface area contributed by atoms with Gasteiger partial charge >= 0.3 is 0 Å². The molecular formula is C13H26N2S. The smallest absolute Gasteiger partial charge is 0.0458 e. The quantitative estimate of drug-likeness (QED) is 0.806. The molecule has 94 valence electrons. The van der Waals surface area contributed by atoms with E-state index in [-0.39, 0.29) is 0 Å². The van der Waals surface area contributed by atoms with Gasteiger partial charge < -0.3 is 5.73 Å². The van der Waals surface area contributed by atoms with E-state index in [4.69, 9.17) is 5.73 Å². The van der Waals surface area contributed by atoms with Crippen molar-refractivity contribution in [2.45, 2.75) is 56.9 Å². The summed E-state index contributed by atoms with van der Waals surface area (Å²) in [7, 11) is 0. The predicted molar refractivity (Wildman–Crippen MR) is 72.9 cm³/mol. The fourth-order valence-corrected chi connectivity index (χ4v) is 5.09. The standard InChI is InChI=1S/C13H26N2S/c1-10-4-6-15(11(2)8-10)13(9-14)5-7-16-12(13)3/h10-12H,4-9,14H2,1-3H3. The van der Waals surface area contributed by atoms with Gasteiger partial charge in [-0.1, -0.05) is 13.8 Å². The molecule has 3 heteroatoms. The molecule has 4 unspecified atom stereocenters. The summed E-state index contributed by atoms with van der Waals surface area (Å²) in [6.45, 7) is 9.23. The first kappa shape index (κ1) is 12.7. The second-order valence-corrected chi connectivity index (χ2v) is 7.19. The van der Waals surface area contributed by atoms with Gasteiger partial charge in [0.25, 0.3) is 0 Å². The Morgan fingerprint density at radius 2 is 2.12 bits per heavy atom. The Morgan fingerprint density at radius 1 is 1.38 bits per heavy atom. The van der Waals surface area contributed by atoms with Crippen LogP contribution in [0, 0.1) is 5.92 Å². The fourth-order valence-electron chi connectivity index (χ4n) is 3.60. The fraction of sp³-hybridized carbons (Fsp3) is 1.00. The number of piperidine rings is 1. The van der Waals surface area contributed by atoms with E-state index in [0.29, 0.717) is 16.8 Å². The summed E-state index contributed by atoms with van der Waals surface area (Å²) < 4.78 is 0. The third-order valence-electron chi connectivity index (χ3n) is 4.72. The van der Waals surface area contributed by atoms with Crippen LogP contribution < -0.4 is 5.73 Å². The van der Waals surface area contributed by atoms with Crippen LogP contribution in [0.2, 0.25) is 0 Å². The minimum atomic E-state index is 0.296. The molecule has 2 heterocycles. The van der Waals surface area contributed by atoms with Crippen LogP contribution >= 0.6 is 11.8 Å². The highest BCUT2D eigenvalue weighted by molar-refractivity contribution is 8.00.